The van der Waals surface area contributed by atoms with Crippen molar-refractivity contribution in [3.63, 3.8) is 0 Å². The number of hydrogen-bond donors (Lipinski definition) is 1. The maximum atomic E-state index is 12.8. The Hall–Kier alpha value is -1.61. The first-order chi connectivity index (χ1) is 12.4. The van der Waals surface area contributed by atoms with E-state index in [1.807, 2.05) is 20.8 Å². The van der Waals surface area contributed by atoms with E-state index < -0.39 is 21.8 Å². The van der Waals surface area contributed by atoms with Crippen molar-refractivity contribution < 1.29 is 26.4 Å². The molecule has 1 aromatic rings. The number of rotatable bonds is 5. The number of benzene rings is 1. The van der Waals surface area contributed by atoms with Crippen LogP contribution in [0.5, 0.6) is 0 Å². The third-order valence-electron chi connectivity index (χ3n) is 4.97. The Balaban J connectivity index is 2.08. The van der Waals surface area contributed by atoms with Crippen LogP contribution in [0, 0.1) is 5.92 Å². The van der Waals surface area contributed by atoms with Crippen LogP contribution in [0.2, 0.25) is 0 Å². The van der Waals surface area contributed by atoms with Crippen LogP contribution in [0.1, 0.15) is 45.6 Å². The van der Waals surface area contributed by atoms with E-state index in [1.54, 1.807) is 0 Å². The zero-order valence-corrected chi connectivity index (χ0v) is 16.5. The highest BCUT2D eigenvalue weighted by Crippen LogP contribution is 2.32. The largest absolute Gasteiger partial charge is 0.416 e. The molecule has 1 saturated heterocycles. The summed E-state index contributed by atoms with van der Waals surface area (Å²) in [6.45, 7) is 5.99. The summed E-state index contributed by atoms with van der Waals surface area (Å²) in [7, 11) is -4.03. The molecule has 0 atom stereocenters. The van der Waals surface area contributed by atoms with Crippen molar-refractivity contribution in [2.75, 3.05) is 13.1 Å². The lowest BCUT2D eigenvalue weighted by molar-refractivity contribution is -0.137. The van der Waals surface area contributed by atoms with Gasteiger partial charge in [-0.15, -0.1) is 0 Å². The lowest BCUT2D eigenvalue weighted by Crippen LogP contribution is -2.48. The van der Waals surface area contributed by atoms with Crippen LogP contribution >= 0.6 is 0 Å². The third-order valence-corrected chi connectivity index (χ3v) is 6.86. The van der Waals surface area contributed by atoms with Crippen LogP contribution in [-0.4, -0.2) is 37.3 Å². The first-order valence-electron chi connectivity index (χ1n) is 8.86. The van der Waals surface area contributed by atoms with Gasteiger partial charge in [0.1, 0.15) is 0 Å². The van der Waals surface area contributed by atoms with Gasteiger partial charge < -0.3 is 5.32 Å². The van der Waals surface area contributed by atoms with E-state index >= 15 is 0 Å². The molecule has 0 radical (unpaired) electrons. The number of amides is 1. The van der Waals surface area contributed by atoms with Crippen molar-refractivity contribution in [2.45, 2.75) is 56.6 Å². The molecular weight excluding hydrogens is 381 g/mol. The van der Waals surface area contributed by atoms with Gasteiger partial charge in [-0.25, -0.2) is 8.42 Å². The molecule has 152 valence electrons. The minimum absolute atomic E-state index is 0.100. The number of alkyl halides is 3. The summed E-state index contributed by atoms with van der Waals surface area (Å²) in [6.07, 6.45) is -3.17. The molecule has 1 fully saturated rings. The Bertz CT molecular complexity index is 783. The summed E-state index contributed by atoms with van der Waals surface area (Å²) >= 11 is 0. The Labute approximate surface area is 158 Å². The zero-order valence-electron chi connectivity index (χ0n) is 15.6. The van der Waals surface area contributed by atoms with Crippen molar-refractivity contribution in [2.24, 2.45) is 5.92 Å². The number of nitrogens with zero attached hydrogens (tertiary/aromatic N) is 1. The molecule has 5 nitrogen and oxygen atoms in total. The molecule has 0 saturated carbocycles. The molecule has 1 aliphatic rings. The highest BCUT2D eigenvalue weighted by atomic mass is 32.2. The topological polar surface area (TPSA) is 66.5 Å². The molecule has 0 aromatic heterocycles. The number of piperidine rings is 1. The highest BCUT2D eigenvalue weighted by molar-refractivity contribution is 7.89. The maximum absolute atomic E-state index is 12.8. The minimum atomic E-state index is -4.61. The van der Waals surface area contributed by atoms with Crippen molar-refractivity contribution >= 4 is 15.9 Å². The molecule has 0 unspecified atom stereocenters. The van der Waals surface area contributed by atoms with Crippen LogP contribution in [0.25, 0.3) is 0 Å². The molecule has 9 heteroatoms. The predicted octanol–water partition coefficient (Wildman–Crippen LogP) is 3.41. The van der Waals surface area contributed by atoms with Gasteiger partial charge >= 0.3 is 6.18 Å². The molecule has 1 aromatic carbocycles. The second kappa shape index (κ2) is 7.79. The van der Waals surface area contributed by atoms with Gasteiger partial charge in [0.25, 0.3) is 0 Å². The lowest BCUT2D eigenvalue weighted by atomic mass is 9.94. The zero-order chi connectivity index (χ0) is 20.5. The van der Waals surface area contributed by atoms with E-state index in [0.717, 1.165) is 28.9 Å². The lowest BCUT2D eigenvalue weighted by Gasteiger charge is -2.33. The number of carbonyl (C=O) groups is 1. The highest BCUT2D eigenvalue weighted by Gasteiger charge is 2.35. The average Bonchev–Trinajstić information content (AvgIpc) is 2.61. The van der Waals surface area contributed by atoms with Crippen LogP contribution in [0.3, 0.4) is 0 Å². The molecule has 2 rings (SSSR count). The van der Waals surface area contributed by atoms with Crippen LogP contribution < -0.4 is 5.32 Å². The molecule has 0 aliphatic carbocycles. The average molecular weight is 406 g/mol. The third kappa shape index (κ3) is 5.22. The second-order valence-corrected chi connectivity index (χ2v) is 9.37. The molecule has 1 aliphatic heterocycles. The molecular formula is C18H25F3N2O3S. The van der Waals surface area contributed by atoms with Gasteiger partial charge in [-0.2, -0.15) is 17.5 Å². The summed E-state index contributed by atoms with van der Waals surface area (Å²) in [5, 5.41) is 2.95. The Morgan fingerprint density at radius 3 is 2.33 bits per heavy atom. The summed E-state index contributed by atoms with van der Waals surface area (Å²) in [6, 6.07) is 3.73. The van der Waals surface area contributed by atoms with Gasteiger partial charge in [0.2, 0.25) is 15.9 Å². The van der Waals surface area contributed by atoms with E-state index in [0.29, 0.717) is 18.9 Å². The fourth-order valence-electron chi connectivity index (χ4n) is 2.86. The summed E-state index contributed by atoms with van der Waals surface area (Å²) in [5.41, 5.74) is -1.34. The number of nitrogens with one attached hydrogen (secondary N) is 1. The SMILES string of the molecule is CCC(C)(C)NC(=O)C1CCN(S(=O)(=O)c2cccc(C(F)(F)F)c2)CC1. The standard InChI is InChI=1S/C18H25F3N2O3S/c1-4-17(2,3)22-16(24)13-8-10-23(11-9-13)27(25,26)15-7-5-6-14(12-15)18(19,20)21/h5-7,12-13H,4,8-11H2,1-3H3,(H,22,24). The molecule has 1 heterocycles. The van der Waals surface area contributed by atoms with Crippen LogP contribution in [0.4, 0.5) is 13.2 Å². The minimum Gasteiger partial charge on any atom is -0.351 e. The Morgan fingerprint density at radius 2 is 1.81 bits per heavy atom. The van der Waals surface area contributed by atoms with Crippen molar-refractivity contribution in [3.8, 4) is 0 Å². The number of carbonyl (C=O) groups excluding carboxylic acids is 1. The molecule has 1 N–H and O–H groups in total. The molecule has 27 heavy (non-hydrogen) atoms. The molecule has 0 spiro atoms. The first kappa shape index (κ1) is 21.7. The first-order valence-corrected chi connectivity index (χ1v) is 10.3. The molecule has 0 bridgehead atoms. The van der Waals surface area contributed by atoms with E-state index in [4.69, 9.17) is 0 Å². The van der Waals surface area contributed by atoms with Gasteiger partial charge in [-0.1, -0.05) is 13.0 Å². The fraction of sp³-hybridized carbons (Fsp3) is 0.611. The van der Waals surface area contributed by atoms with Crippen LogP contribution in [0.15, 0.2) is 29.2 Å². The van der Waals surface area contributed by atoms with Crippen LogP contribution in [-0.2, 0) is 21.0 Å². The van der Waals surface area contributed by atoms with Gasteiger partial charge in [0, 0.05) is 24.5 Å². The Kier molecular flexibility index (Phi) is 6.26. The van der Waals surface area contributed by atoms with Crippen molar-refractivity contribution in [1.29, 1.82) is 0 Å². The van der Waals surface area contributed by atoms with E-state index in [1.165, 1.54) is 0 Å². The summed E-state index contributed by atoms with van der Waals surface area (Å²) in [5.74, 6) is -0.415. The van der Waals surface area contributed by atoms with Gasteiger partial charge in [-0.3, -0.25) is 4.79 Å². The second-order valence-electron chi connectivity index (χ2n) is 7.43. The van der Waals surface area contributed by atoms with E-state index in [2.05, 4.69) is 5.32 Å². The monoisotopic (exact) mass is 406 g/mol. The van der Waals surface area contributed by atoms with Gasteiger partial charge in [0.15, 0.2) is 0 Å². The number of sulfonamides is 1. The Morgan fingerprint density at radius 1 is 1.22 bits per heavy atom. The van der Waals surface area contributed by atoms with Gasteiger partial charge in [-0.05, 0) is 51.3 Å². The normalized spacial score (nSPS) is 17.7. The quantitative estimate of drug-likeness (QED) is 0.815. The predicted molar refractivity (Wildman–Crippen MR) is 95.4 cm³/mol. The fourth-order valence-corrected chi connectivity index (χ4v) is 4.38. The maximum Gasteiger partial charge on any atom is 0.416 e. The van der Waals surface area contributed by atoms with Crippen molar-refractivity contribution in [1.82, 2.24) is 9.62 Å². The summed E-state index contributed by atoms with van der Waals surface area (Å²) < 4.78 is 65.1. The smallest absolute Gasteiger partial charge is 0.351 e. The van der Waals surface area contributed by atoms with Gasteiger partial charge in [0.05, 0.1) is 10.5 Å². The molecule has 1 amide bonds. The number of hydrogen-bond acceptors (Lipinski definition) is 3. The van der Waals surface area contributed by atoms with E-state index in [-0.39, 0.29) is 35.3 Å². The number of halogens is 3. The van der Waals surface area contributed by atoms with E-state index in [9.17, 15) is 26.4 Å². The van der Waals surface area contributed by atoms with Crippen molar-refractivity contribution in [3.05, 3.63) is 29.8 Å². The summed E-state index contributed by atoms with van der Waals surface area (Å²) in [4.78, 5) is 12.0.